The van der Waals surface area contributed by atoms with Gasteiger partial charge in [-0.15, -0.1) is 0 Å². The van der Waals surface area contributed by atoms with Gasteiger partial charge in [0, 0.05) is 11.3 Å². The fraction of sp³-hybridized carbons (Fsp3) is 0.167. The van der Waals surface area contributed by atoms with Crippen LogP contribution in [0.5, 0.6) is 0 Å². The van der Waals surface area contributed by atoms with Gasteiger partial charge in [-0.25, -0.2) is 4.79 Å². The van der Waals surface area contributed by atoms with Crippen LogP contribution in [-0.2, 0) is 23.9 Å². The number of para-hydroxylation sites is 1. The minimum absolute atomic E-state index is 0.0242. The molecule has 0 bridgehead atoms. The standard InChI is InChI=1S/C24H19N3O7S2/c1-2-34-23(33)13-7-9-14(10-8-13)25-17(28)11-26-16-6-4-3-5-15(16)19(21(26)31)20-22(32)27(12-18(29)30)24(35)36-20/h3-10H,2,11-12H2,1H3,(H,25,28)(H,29,30). The van der Waals surface area contributed by atoms with E-state index in [1.54, 1.807) is 43.3 Å². The smallest absolute Gasteiger partial charge is 0.338 e. The number of esters is 1. The third kappa shape index (κ3) is 4.86. The number of carbonyl (C=O) groups excluding carboxylic acids is 4. The summed E-state index contributed by atoms with van der Waals surface area (Å²) in [4.78, 5) is 64.2. The van der Waals surface area contributed by atoms with Crippen LogP contribution in [0.2, 0.25) is 0 Å². The summed E-state index contributed by atoms with van der Waals surface area (Å²) in [6.07, 6.45) is 0. The van der Waals surface area contributed by atoms with Crippen LogP contribution in [0, 0.1) is 0 Å². The van der Waals surface area contributed by atoms with Gasteiger partial charge in [0.05, 0.1) is 28.3 Å². The van der Waals surface area contributed by atoms with Crippen molar-refractivity contribution in [2.45, 2.75) is 6.92 Å². The predicted molar refractivity (Wildman–Crippen MR) is 136 cm³/mol. The van der Waals surface area contributed by atoms with Crippen molar-refractivity contribution in [1.29, 1.82) is 0 Å². The van der Waals surface area contributed by atoms with E-state index >= 15 is 0 Å². The van der Waals surface area contributed by atoms with Crippen LogP contribution in [0.4, 0.5) is 11.4 Å². The number of anilines is 2. The van der Waals surface area contributed by atoms with Crippen LogP contribution in [0.15, 0.2) is 53.4 Å². The Balaban J connectivity index is 1.56. The molecule has 2 aliphatic heterocycles. The van der Waals surface area contributed by atoms with Gasteiger partial charge in [0.2, 0.25) is 5.91 Å². The van der Waals surface area contributed by atoms with Crippen molar-refractivity contribution < 1.29 is 33.8 Å². The number of fused-ring (bicyclic) bond motifs is 1. The molecule has 10 nitrogen and oxygen atoms in total. The van der Waals surface area contributed by atoms with E-state index in [1.807, 2.05) is 0 Å². The van der Waals surface area contributed by atoms with Crippen molar-refractivity contribution in [2.24, 2.45) is 0 Å². The molecule has 36 heavy (non-hydrogen) atoms. The first-order chi connectivity index (χ1) is 17.2. The van der Waals surface area contributed by atoms with Crippen LogP contribution in [0.1, 0.15) is 22.8 Å². The number of carbonyl (C=O) groups is 5. The molecule has 0 aliphatic carbocycles. The number of hydrogen-bond donors (Lipinski definition) is 2. The molecule has 4 rings (SSSR count). The minimum Gasteiger partial charge on any atom is -0.480 e. The number of nitrogens with one attached hydrogen (secondary N) is 1. The Labute approximate surface area is 214 Å². The average molecular weight is 526 g/mol. The van der Waals surface area contributed by atoms with Crippen LogP contribution in [0.3, 0.4) is 0 Å². The molecule has 2 aromatic rings. The number of amides is 3. The van der Waals surface area contributed by atoms with Gasteiger partial charge in [0.15, 0.2) is 0 Å². The highest BCUT2D eigenvalue weighted by molar-refractivity contribution is 8.26. The van der Waals surface area contributed by atoms with Crippen LogP contribution in [-0.4, -0.2) is 63.7 Å². The molecule has 2 N–H and O–H groups in total. The lowest BCUT2D eigenvalue weighted by Crippen LogP contribution is -2.36. The first-order valence-corrected chi connectivity index (χ1v) is 11.9. The van der Waals surface area contributed by atoms with Gasteiger partial charge in [-0.05, 0) is 37.3 Å². The number of thiocarbonyl (C=S) groups is 1. The first-order valence-electron chi connectivity index (χ1n) is 10.7. The summed E-state index contributed by atoms with van der Waals surface area (Å²) in [5.74, 6) is -3.44. The molecule has 0 radical (unpaired) electrons. The number of carboxylic acid groups (broad SMARTS) is 1. The van der Waals surface area contributed by atoms with Gasteiger partial charge in [-0.2, -0.15) is 0 Å². The normalized spacial score (nSPS) is 16.9. The number of benzene rings is 2. The molecule has 0 saturated carbocycles. The van der Waals surface area contributed by atoms with E-state index in [9.17, 15) is 24.0 Å². The van der Waals surface area contributed by atoms with Crippen LogP contribution in [0.25, 0.3) is 5.57 Å². The van der Waals surface area contributed by atoms with Crippen molar-refractivity contribution in [3.63, 3.8) is 0 Å². The summed E-state index contributed by atoms with van der Waals surface area (Å²) in [6, 6.07) is 12.8. The van der Waals surface area contributed by atoms with Gasteiger partial charge in [0.25, 0.3) is 11.8 Å². The third-order valence-electron chi connectivity index (χ3n) is 5.27. The van der Waals surface area contributed by atoms with E-state index in [-0.39, 0.29) is 28.0 Å². The molecule has 184 valence electrons. The summed E-state index contributed by atoms with van der Waals surface area (Å²) in [7, 11) is 0. The molecule has 12 heteroatoms. The molecule has 3 amide bonds. The van der Waals surface area contributed by atoms with E-state index in [2.05, 4.69) is 5.32 Å². The second kappa shape index (κ2) is 10.3. The molecule has 0 spiro atoms. The molecule has 0 unspecified atom stereocenters. The molecule has 2 aromatic carbocycles. The number of ether oxygens (including phenoxy) is 1. The third-order valence-corrected chi connectivity index (χ3v) is 6.72. The molecule has 1 saturated heterocycles. The first kappa shape index (κ1) is 25.1. The fourth-order valence-corrected chi connectivity index (χ4v) is 5.05. The van der Waals surface area contributed by atoms with Crippen LogP contribution >= 0.6 is 24.0 Å². The quantitative estimate of drug-likeness (QED) is 0.318. The Morgan fingerprint density at radius 3 is 2.36 bits per heavy atom. The zero-order valence-corrected chi connectivity index (χ0v) is 20.5. The highest BCUT2D eigenvalue weighted by atomic mass is 32.2. The monoisotopic (exact) mass is 525 g/mol. The molecule has 1 fully saturated rings. The molecule has 0 aromatic heterocycles. The number of nitrogens with zero attached hydrogens (tertiary/aromatic N) is 2. The van der Waals surface area contributed by atoms with E-state index in [0.29, 0.717) is 22.5 Å². The maximum absolute atomic E-state index is 13.4. The summed E-state index contributed by atoms with van der Waals surface area (Å²) < 4.78 is 4.97. The van der Waals surface area contributed by atoms with Gasteiger partial charge >= 0.3 is 11.9 Å². The maximum Gasteiger partial charge on any atom is 0.338 e. The lowest BCUT2D eigenvalue weighted by Gasteiger charge is -2.17. The number of hydrogen-bond acceptors (Lipinski definition) is 8. The highest BCUT2D eigenvalue weighted by Gasteiger charge is 2.42. The van der Waals surface area contributed by atoms with E-state index in [1.165, 1.54) is 17.0 Å². The highest BCUT2D eigenvalue weighted by Crippen LogP contribution is 2.44. The maximum atomic E-state index is 13.4. The lowest BCUT2D eigenvalue weighted by molar-refractivity contribution is -0.140. The molecule has 2 aliphatic rings. The van der Waals surface area contributed by atoms with E-state index in [0.717, 1.165) is 16.7 Å². The summed E-state index contributed by atoms with van der Waals surface area (Å²) in [5, 5.41) is 11.8. The van der Waals surface area contributed by atoms with Crippen molar-refractivity contribution in [3.8, 4) is 0 Å². The zero-order chi connectivity index (χ0) is 26.0. The Morgan fingerprint density at radius 1 is 1.00 bits per heavy atom. The van der Waals surface area contributed by atoms with Crippen LogP contribution < -0.4 is 10.2 Å². The number of aliphatic carboxylic acids is 1. The Bertz CT molecular complexity index is 1340. The number of carboxylic acids is 1. The largest absolute Gasteiger partial charge is 0.480 e. The van der Waals surface area contributed by atoms with Gasteiger partial charge in [0.1, 0.15) is 17.4 Å². The molecular weight excluding hydrogens is 506 g/mol. The van der Waals surface area contributed by atoms with E-state index in [4.69, 9.17) is 22.1 Å². The minimum atomic E-state index is -1.23. The summed E-state index contributed by atoms with van der Waals surface area (Å²) >= 11 is 6.01. The number of thioether (sulfide) groups is 1. The summed E-state index contributed by atoms with van der Waals surface area (Å²) in [5.41, 5.74) is 1.72. The molecular formula is C24H19N3O7S2. The van der Waals surface area contributed by atoms with Gasteiger partial charge < -0.3 is 15.2 Å². The summed E-state index contributed by atoms with van der Waals surface area (Å²) in [6.45, 7) is 0.994. The second-order valence-electron chi connectivity index (χ2n) is 7.61. The zero-order valence-electron chi connectivity index (χ0n) is 18.8. The van der Waals surface area contributed by atoms with Gasteiger partial charge in [-0.3, -0.25) is 29.0 Å². The Hall–Kier alpha value is -4.03. The second-order valence-corrected chi connectivity index (χ2v) is 9.26. The fourth-order valence-electron chi connectivity index (χ4n) is 3.73. The average Bonchev–Trinajstić information content (AvgIpc) is 3.26. The van der Waals surface area contributed by atoms with Crippen molar-refractivity contribution >= 4 is 74.9 Å². The molecule has 2 heterocycles. The van der Waals surface area contributed by atoms with Crippen molar-refractivity contribution in [2.75, 3.05) is 29.9 Å². The van der Waals surface area contributed by atoms with E-state index < -0.39 is 36.2 Å². The Kier molecular flexibility index (Phi) is 7.17. The SMILES string of the molecule is CCOC(=O)c1ccc(NC(=O)CN2C(=O)C(=C3SC(=S)N(CC(=O)O)C3=O)c3ccccc32)cc1. The predicted octanol–water partition coefficient (Wildman–Crippen LogP) is 2.50. The van der Waals surface area contributed by atoms with Crippen molar-refractivity contribution in [1.82, 2.24) is 4.90 Å². The topological polar surface area (TPSA) is 133 Å². The molecule has 0 atom stereocenters. The van der Waals surface area contributed by atoms with Gasteiger partial charge in [-0.1, -0.05) is 42.2 Å². The Morgan fingerprint density at radius 2 is 1.69 bits per heavy atom. The van der Waals surface area contributed by atoms with Crippen molar-refractivity contribution in [3.05, 3.63) is 64.6 Å². The number of rotatable bonds is 7. The lowest BCUT2D eigenvalue weighted by atomic mass is 10.1.